The summed E-state index contributed by atoms with van der Waals surface area (Å²) in [6, 6.07) is 12.5. The van der Waals surface area contributed by atoms with Gasteiger partial charge in [-0.1, -0.05) is 43.2 Å². The van der Waals surface area contributed by atoms with Gasteiger partial charge >= 0.3 is 0 Å². The van der Waals surface area contributed by atoms with E-state index in [1.165, 1.54) is 31.1 Å². The predicted octanol–water partition coefficient (Wildman–Crippen LogP) is 3.69. The van der Waals surface area contributed by atoms with Crippen LogP contribution in [0.4, 0.5) is 0 Å². The van der Waals surface area contributed by atoms with Crippen molar-refractivity contribution < 1.29 is 9.21 Å². The molecule has 24 heavy (non-hydrogen) atoms. The average molecular weight is 349 g/mol. The van der Waals surface area contributed by atoms with E-state index in [1.807, 2.05) is 6.07 Å². The van der Waals surface area contributed by atoms with Crippen LogP contribution in [0.5, 0.6) is 0 Å². The Kier molecular flexibility index (Phi) is 6.88. The summed E-state index contributed by atoms with van der Waals surface area (Å²) in [6.45, 7) is 0.313. The minimum absolute atomic E-state index is 0. The quantitative estimate of drug-likeness (QED) is 0.865. The van der Waals surface area contributed by atoms with Gasteiger partial charge in [0.25, 0.3) is 5.91 Å². The molecule has 0 saturated heterocycles. The number of hydrogen-bond donors (Lipinski definition) is 2. The Morgan fingerprint density at radius 3 is 2.67 bits per heavy atom. The molecular weight excluding hydrogens is 324 g/mol. The van der Waals surface area contributed by atoms with Gasteiger partial charge in [-0.05, 0) is 36.8 Å². The molecule has 1 aliphatic carbocycles. The average Bonchev–Trinajstić information content (AvgIpc) is 3.07. The number of carbonyl (C=O) groups is 1. The lowest BCUT2D eigenvalue weighted by atomic mass is 9.80. The first kappa shape index (κ1) is 18.6. The fourth-order valence-corrected chi connectivity index (χ4v) is 3.42. The predicted molar refractivity (Wildman–Crippen MR) is 97.2 cm³/mol. The van der Waals surface area contributed by atoms with Crippen molar-refractivity contribution in [1.82, 2.24) is 5.32 Å². The van der Waals surface area contributed by atoms with Crippen LogP contribution in [0.3, 0.4) is 0 Å². The zero-order chi connectivity index (χ0) is 16.1. The van der Waals surface area contributed by atoms with Crippen molar-refractivity contribution in [3.63, 3.8) is 0 Å². The monoisotopic (exact) mass is 348 g/mol. The van der Waals surface area contributed by atoms with Crippen LogP contribution >= 0.6 is 12.4 Å². The number of nitrogens with two attached hydrogens (primary N) is 1. The summed E-state index contributed by atoms with van der Waals surface area (Å²) in [6.07, 6.45) is 7.14. The van der Waals surface area contributed by atoms with E-state index in [2.05, 4.69) is 29.6 Å². The van der Waals surface area contributed by atoms with Gasteiger partial charge in [0.2, 0.25) is 0 Å². The van der Waals surface area contributed by atoms with Gasteiger partial charge in [0.05, 0.1) is 12.1 Å². The maximum absolute atomic E-state index is 12.4. The molecule has 130 valence electrons. The lowest BCUT2D eigenvalue weighted by molar-refractivity contribution is 0.0905. The number of benzene rings is 1. The highest BCUT2D eigenvalue weighted by molar-refractivity contribution is 5.94. The fraction of sp³-hybridized carbons (Fsp3) is 0.421. The van der Waals surface area contributed by atoms with Gasteiger partial charge < -0.3 is 15.5 Å². The van der Waals surface area contributed by atoms with Crippen LogP contribution in [-0.2, 0) is 13.0 Å². The summed E-state index contributed by atoms with van der Waals surface area (Å²) < 4.78 is 5.26. The number of nitrogens with one attached hydrogen (secondary N) is 1. The second-order valence-corrected chi connectivity index (χ2v) is 6.32. The molecule has 1 amide bonds. The van der Waals surface area contributed by atoms with E-state index < -0.39 is 0 Å². The van der Waals surface area contributed by atoms with Gasteiger partial charge in [-0.3, -0.25) is 4.79 Å². The molecule has 0 spiro atoms. The Morgan fingerprint density at radius 2 is 1.96 bits per heavy atom. The molecule has 1 fully saturated rings. The summed E-state index contributed by atoms with van der Waals surface area (Å²) in [5.41, 5.74) is 7.43. The molecular formula is C19H25ClN2O2. The van der Waals surface area contributed by atoms with E-state index in [1.54, 1.807) is 6.07 Å². The molecule has 4 nitrogen and oxygen atoms in total. The Morgan fingerprint density at radius 1 is 1.21 bits per heavy atom. The van der Waals surface area contributed by atoms with Crippen molar-refractivity contribution in [2.75, 3.05) is 0 Å². The number of furan rings is 1. The van der Waals surface area contributed by atoms with Gasteiger partial charge in [0.15, 0.2) is 0 Å². The Balaban J connectivity index is 0.00000208. The maximum Gasteiger partial charge on any atom is 0.254 e. The van der Waals surface area contributed by atoms with Crippen LogP contribution in [0.25, 0.3) is 0 Å². The molecule has 3 rings (SSSR count). The molecule has 1 heterocycles. The topological polar surface area (TPSA) is 68.3 Å². The van der Waals surface area contributed by atoms with Crippen LogP contribution < -0.4 is 11.1 Å². The third-order valence-corrected chi connectivity index (χ3v) is 4.68. The van der Waals surface area contributed by atoms with E-state index >= 15 is 0 Å². The SMILES string of the molecule is Cl.NCc1cc(C(=O)NC2CCCCC2Cc2ccccc2)co1. The van der Waals surface area contributed by atoms with Crippen LogP contribution in [-0.4, -0.2) is 11.9 Å². The van der Waals surface area contributed by atoms with Gasteiger partial charge in [-0.25, -0.2) is 0 Å². The smallest absolute Gasteiger partial charge is 0.254 e. The van der Waals surface area contributed by atoms with Crippen molar-refractivity contribution in [1.29, 1.82) is 0 Å². The summed E-state index contributed by atoms with van der Waals surface area (Å²) in [4.78, 5) is 12.4. The Labute approximate surface area is 149 Å². The largest absolute Gasteiger partial charge is 0.467 e. The van der Waals surface area contributed by atoms with Crippen LogP contribution in [0, 0.1) is 5.92 Å². The molecule has 2 aromatic rings. The molecule has 1 aromatic carbocycles. The minimum atomic E-state index is -0.0570. The van der Waals surface area contributed by atoms with Gasteiger partial charge in [-0.15, -0.1) is 12.4 Å². The molecule has 3 N–H and O–H groups in total. The summed E-state index contributed by atoms with van der Waals surface area (Å²) in [5, 5.41) is 3.20. The fourth-order valence-electron chi connectivity index (χ4n) is 3.42. The standard InChI is InChI=1S/C19H24N2O2.ClH/c20-12-17-11-16(13-23-17)19(22)21-18-9-5-4-8-15(18)10-14-6-2-1-3-7-14;/h1-3,6-7,11,13,15,18H,4-5,8-10,12,20H2,(H,21,22);1H. The molecule has 1 aromatic heterocycles. The zero-order valence-corrected chi connectivity index (χ0v) is 14.6. The number of carbonyl (C=O) groups excluding carboxylic acids is 1. The first-order valence-corrected chi connectivity index (χ1v) is 8.38. The molecule has 2 unspecified atom stereocenters. The second kappa shape index (κ2) is 8.90. The van der Waals surface area contributed by atoms with Crippen molar-refractivity contribution >= 4 is 18.3 Å². The Hall–Kier alpha value is -1.78. The van der Waals surface area contributed by atoms with E-state index in [4.69, 9.17) is 10.2 Å². The van der Waals surface area contributed by atoms with E-state index in [9.17, 15) is 4.79 Å². The second-order valence-electron chi connectivity index (χ2n) is 6.32. The van der Waals surface area contributed by atoms with Gasteiger partial charge in [0.1, 0.15) is 12.0 Å². The summed E-state index contributed by atoms with van der Waals surface area (Å²) in [5.74, 6) is 1.08. The van der Waals surface area contributed by atoms with E-state index in [0.717, 1.165) is 12.8 Å². The number of halogens is 1. The van der Waals surface area contributed by atoms with E-state index in [-0.39, 0.29) is 24.4 Å². The molecule has 1 aliphatic rings. The molecule has 0 bridgehead atoms. The molecule has 0 aliphatic heterocycles. The third kappa shape index (κ3) is 4.62. The number of amides is 1. The van der Waals surface area contributed by atoms with Crippen molar-refractivity contribution in [3.05, 3.63) is 59.5 Å². The molecule has 5 heteroatoms. The minimum Gasteiger partial charge on any atom is -0.467 e. The van der Waals surface area contributed by atoms with Gasteiger partial charge in [0, 0.05) is 6.04 Å². The molecule has 0 radical (unpaired) electrons. The van der Waals surface area contributed by atoms with Crippen LogP contribution in [0.15, 0.2) is 47.1 Å². The summed E-state index contributed by atoms with van der Waals surface area (Å²) >= 11 is 0. The summed E-state index contributed by atoms with van der Waals surface area (Å²) in [7, 11) is 0. The zero-order valence-electron chi connectivity index (χ0n) is 13.7. The van der Waals surface area contributed by atoms with Crippen molar-refractivity contribution in [2.45, 2.75) is 44.7 Å². The highest BCUT2D eigenvalue weighted by atomic mass is 35.5. The lowest BCUT2D eigenvalue weighted by Gasteiger charge is -2.32. The molecule has 2 atom stereocenters. The maximum atomic E-state index is 12.4. The van der Waals surface area contributed by atoms with E-state index in [0.29, 0.717) is 23.8 Å². The highest BCUT2D eigenvalue weighted by Crippen LogP contribution is 2.28. The van der Waals surface area contributed by atoms with Crippen LogP contribution in [0.2, 0.25) is 0 Å². The highest BCUT2D eigenvalue weighted by Gasteiger charge is 2.27. The third-order valence-electron chi connectivity index (χ3n) is 4.68. The van der Waals surface area contributed by atoms with Gasteiger partial charge in [-0.2, -0.15) is 0 Å². The number of hydrogen-bond acceptors (Lipinski definition) is 3. The van der Waals surface area contributed by atoms with Crippen LogP contribution in [0.1, 0.15) is 47.4 Å². The van der Waals surface area contributed by atoms with Crippen molar-refractivity contribution in [2.24, 2.45) is 11.7 Å². The van der Waals surface area contributed by atoms with Crippen molar-refractivity contribution in [3.8, 4) is 0 Å². The molecule has 1 saturated carbocycles. The lowest BCUT2D eigenvalue weighted by Crippen LogP contribution is -2.42. The first-order chi connectivity index (χ1) is 11.3. The first-order valence-electron chi connectivity index (χ1n) is 8.38. The number of rotatable bonds is 5. The normalized spacial score (nSPS) is 20.2. The Bertz CT molecular complexity index is 642.